The molecule has 0 aliphatic carbocycles. The number of benzene rings is 2. The van der Waals surface area contributed by atoms with Crippen LogP contribution in [0.1, 0.15) is 27.2 Å². The molecule has 158 valence electrons. The second-order valence-electron chi connectivity index (χ2n) is 6.96. The lowest BCUT2D eigenvalue weighted by molar-refractivity contribution is -0.143. The zero-order valence-electron chi connectivity index (χ0n) is 16.6. The Morgan fingerprint density at radius 2 is 1.84 bits per heavy atom. The average Bonchev–Trinajstić information content (AvgIpc) is 3.37. The summed E-state index contributed by atoms with van der Waals surface area (Å²) in [7, 11) is 0. The quantitative estimate of drug-likeness (QED) is 0.429. The molecular formula is C22H17F3N4OS. The Morgan fingerprint density at radius 1 is 1.10 bits per heavy atom. The highest BCUT2D eigenvalue weighted by atomic mass is 32.1. The number of thiazole rings is 1. The van der Waals surface area contributed by atoms with Crippen LogP contribution in [0, 0.1) is 13.8 Å². The van der Waals surface area contributed by atoms with Gasteiger partial charge in [0, 0.05) is 10.9 Å². The number of nitrogens with zero attached hydrogens (tertiary/aromatic N) is 3. The van der Waals surface area contributed by atoms with Gasteiger partial charge in [-0.2, -0.15) is 18.3 Å². The third kappa shape index (κ3) is 4.22. The molecule has 0 unspecified atom stereocenters. The van der Waals surface area contributed by atoms with Crippen LogP contribution in [0.5, 0.6) is 0 Å². The number of aromatic nitrogens is 3. The smallest absolute Gasteiger partial charge is 0.298 e. The van der Waals surface area contributed by atoms with Crippen molar-refractivity contribution in [2.24, 2.45) is 0 Å². The van der Waals surface area contributed by atoms with E-state index in [1.807, 2.05) is 32.0 Å². The molecule has 0 spiro atoms. The van der Waals surface area contributed by atoms with Crippen LogP contribution in [0.2, 0.25) is 0 Å². The summed E-state index contributed by atoms with van der Waals surface area (Å²) < 4.78 is 42.1. The number of amides is 1. The zero-order chi connectivity index (χ0) is 22.2. The molecule has 0 radical (unpaired) electrons. The van der Waals surface area contributed by atoms with Crippen molar-refractivity contribution < 1.29 is 18.0 Å². The van der Waals surface area contributed by atoms with Crippen LogP contribution in [0.15, 0.2) is 60.1 Å². The first-order chi connectivity index (χ1) is 14.7. The van der Waals surface area contributed by atoms with Crippen LogP contribution in [0.25, 0.3) is 16.9 Å². The van der Waals surface area contributed by atoms with Gasteiger partial charge in [-0.1, -0.05) is 35.9 Å². The first kappa shape index (κ1) is 20.8. The summed E-state index contributed by atoms with van der Waals surface area (Å²) in [5, 5.41) is 8.25. The Kier molecular flexibility index (Phi) is 5.36. The molecule has 0 atom stereocenters. The minimum atomic E-state index is -4.77. The maximum atomic E-state index is 13.8. The summed E-state index contributed by atoms with van der Waals surface area (Å²) in [6.07, 6.45) is -3.85. The molecule has 5 nitrogen and oxygen atoms in total. The molecular weight excluding hydrogens is 425 g/mol. The number of nitrogens with one attached hydrogen (secondary N) is 1. The molecule has 0 fully saturated rings. The Morgan fingerprint density at radius 3 is 2.55 bits per heavy atom. The van der Waals surface area contributed by atoms with E-state index >= 15 is 0 Å². The van der Waals surface area contributed by atoms with Crippen molar-refractivity contribution in [1.29, 1.82) is 0 Å². The third-order valence-corrected chi connectivity index (χ3v) is 5.43. The van der Waals surface area contributed by atoms with Crippen LogP contribution in [0.3, 0.4) is 0 Å². The maximum Gasteiger partial charge on any atom is 0.434 e. The highest BCUT2D eigenvalue weighted by molar-refractivity contribution is 7.14. The number of carbonyl (C=O) groups excluding carboxylic acids is 1. The number of para-hydroxylation sites is 1. The monoisotopic (exact) mass is 442 g/mol. The highest BCUT2D eigenvalue weighted by Crippen LogP contribution is 2.34. The van der Waals surface area contributed by atoms with Crippen molar-refractivity contribution in [3.05, 3.63) is 82.5 Å². The lowest BCUT2D eigenvalue weighted by atomic mass is 10.0. The number of hydrogen-bond acceptors (Lipinski definition) is 4. The molecule has 2 aromatic carbocycles. The second kappa shape index (κ2) is 7.99. The lowest BCUT2D eigenvalue weighted by Gasteiger charge is -2.12. The summed E-state index contributed by atoms with van der Waals surface area (Å²) in [5.74, 6) is -0.920. The molecule has 0 saturated carbocycles. The van der Waals surface area contributed by atoms with E-state index in [9.17, 15) is 18.0 Å². The fourth-order valence-corrected chi connectivity index (χ4v) is 3.89. The molecule has 9 heteroatoms. The number of hydrogen-bond donors (Lipinski definition) is 1. The molecule has 0 aliphatic heterocycles. The van der Waals surface area contributed by atoms with E-state index in [2.05, 4.69) is 15.4 Å². The first-order valence-corrected chi connectivity index (χ1v) is 10.2. The average molecular weight is 442 g/mol. The van der Waals surface area contributed by atoms with Crippen LogP contribution in [-0.2, 0) is 6.18 Å². The van der Waals surface area contributed by atoms with Crippen molar-refractivity contribution in [2.75, 3.05) is 5.32 Å². The van der Waals surface area contributed by atoms with Gasteiger partial charge in [0.25, 0.3) is 5.91 Å². The standard InChI is InChI=1S/C22H17F3N4OS/c1-13-8-9-14(2)16(10-13)18-12-31-21(27-18)28-20(30)17-11-26-29(19(17)22(23,24)25)15-6-4-3-5-7-15/h3-12H,1-2H3,(H,27,28,30). The number of aryl methyl sites for hydroxylation is 2. The van der Waals surface area contributed by atoms with Gasteiger partial charge in [0.2, 0.25) is 0 Å². The minimum absolute atomic E-state index is 0.209. The van der Waals surface area contributed by atoms with Crippen molar-refractivity contribution >= 4 is 22.4 Å². The fraction of sp³-hybridized carbons (Fsp3) is 0.136. The van der Waals surface area contributed by atoms with Crippen LogP contribution < -0.4 is 5.32 Å². The Bertz CT molecular complexity index is 1250. The van der Waals surface area contributed by atoms with E-state index in [0.29, 0.717) is 5.69 Å². The van der Waals surface area contributed by atoms with E-state index in [1.54, 1.807) is 23.6 Å². The largest absolute Gasteiger partial charge is 0.434 e. The molecule has 4 aromatic rings. The lowest BCUT2D eigenvalue weighted by Crippen LogP contribution is -2.20. The molecule has 2 aromatic heterocycles. The van der Waals surface area contributed by atoms with Crippen molar-refractivity contribution in [1.82, 2.24) is 14.8 Å². The molecule has 0 aliphatic rings. The molecule has 2 heterocycles. The van der Waals surface area contributed by atoms with Gasteiger partial charge in [0.15, 0.2) is 10.8 Å². The molecule has 0 saturated heterocycles. The molecule has 4 rings (SSSR count). The highest BCUT2D eigenvalue weighted by Gasteiger charge is 2.40. The predicted octanol–water partition coefficient (Wildman–Crippen LogP) is 5.88. The summed E-state index contributed by atoms with van der Waals surface area (Å²) in [5.41, 5.74) is 2.13. The van der Waals surface area contributed by atoms with E-state index in [4.69, 9.17) is 0 Å². The molecule has 0 bridgehead atoms. The van der Waals surface area contributed by atoms with Gasteiger partial charge in [-0.05, 0) is 37.6 Å². The van der Waals surface area contributed by atoms with Crippen molar-refractivity contribution in [3.63, 3.8) is 0 Å². The predicted molar refractivity (Wildman–Crippen MR) is 114 cm³/mol. The van der Waals surface area contributed by atoms with Crippen molar-refractivity contribution in [3.8, 4) is 16.9 Å². The van der Waals surface area contributed by atoms with Gasteiger partial charge < -0.3 is 0 Å². The fourth-order valence-electron chi connectivity index (χ4n) is 3.18. The van der Waals surface area contributed by atoms with E-state index in [-0.39, 0.29) is 10.8 Å². The van der Waals surface area contributed by atoms with Gasteiger partial charge in [-0.3, -0.25) is 10.1 Å². The Hall–Kier alpha value is -3.46. The maximum absolute atomic E-state index is 13.8. The molecule has 1 N–H and O–H groups in total. The number of rotatable bonds is 4. The van der Waals surface area contributed by atoms with Crippen LogP contribution in [0.4, 0.5) is 18.3 Å². The second-order valence-corrected chi connectivity index (χ2v) is 7.82. The first-order valence-electron chi connectivity index (χ1n) is 9.29. The Labute approximate surface area is 180 Å². The van der Waals surface area contributed by atoms with E-state index in [0.717, 1.165) is 38.9 Å². The number of halogens is 3. The number of carbonyl (C=O) groups is 1. The van der Waals surface area contributed by atoms with E-state index in [1.165, 1.54) is 12.1 Å². The van der Waals surface area contributed by atoms with Crippen molar-refractivity contribution in [2.45, 2.75) is 20.0 Å². The summed E-state index contributed by atoms with van der Waals surface area (Å²) in [6, 6.07) is 13.8. The summed E-state index contributed by atoms with van der Waals surface area (Å²) in [6.45, 7) is 3.90. The SMILES string of the molecule is Cc1ccc(C)c(-c2csc(NC(=O)c3cnn(-c4ccccc4)c3C(F)(F)F)n2)c1. The zero-order valence-corrected chi connectivity index (χ0v) is 17.4. The van der Waals surface area contributed by atoms with E-state index < -0.39 is 23.3 Å². The van der Waals surface area contributed by atoms with Gasteiger partial charge in [0.05, 0.1) is 23.1 Å². The third-order valence-electron chi connectivity index (χ3n) is 4.68. The molecule has 31 heavy (non-hydrogen) atoms. The van der Waals surface area contributed by atoms with Crippen LogP contribution in [-0.4, -0.2) is 20.7 Å². The molecule has 1 amide bonds. The number of anilines is 1. The normalized spacial score (nSPS) is 11.5. The van der Waals surface area contributed by atoms with Gasteiger partial charge in [0.1, 0.15) is 0 Å². The van der Waals surface area contributed by atoms with Crippen LogP contribution >= 0.6 is 11.3 Å². The Balaban J connectivity index is 1.65. The van der Waals surface area contributed by atoms with Gasteiger partial charge in [-0.15, -0.1) is 11.3 Å². The van der Waals surface area contributed by atoms with Gasteiger partial charge >= 0.3 is 6.18 Å². The summed E-state index contributed by atoms with van der Waals surface area (Å²) >= 11 is 1.15. The minimum Gasteiger partial charge on any atom is -0.298 e. The van der Waals surface area contributed by atoms with Gasteiger partial charge in [-0.25, -0.2) is 9.67 Å². The topological polar surface area (TPSA) is 59.8 Å². The number of alkyl halides is 3. The summed E-state index contributed by atoms with van der Waals surface area (Å²) in [4.78, 5) is 17.1.